The summed E-state index contributed by atoms with van der Waals surface area (Å²) >= 11 is 6.05. The van der Waals surface area contributed by atoms with Crippen LogP contribution in [0.4, 0.5) is 10.6 Å². The Labute approximate surface area is 150 Å². The molecule has 8 nitrogen and oxygen atoms in total. The van der Waals surface area contributed by atoms with E-state index in [0.717, 1.165) is 24.2 Å². The zero-order valence-corrected chi connectivity index (χ0v) is 15.2. The second-order valence-electron chi connectivity index (χ2n) is 7.59. The second kappa shape index (κ2) is 5.72. The standard InChI is InChI=1S/C16H21ClN6O2/c1-16(2,3)25-15(24)23-9-4-5-10(23)7-22(6-9)13-11-12(19-8-18-11)20-14(17)21-13/h8-10H,4-7H2,1-3H3,(H,18,19,20,21). The molecule has 1 amide bonds. The highest BCUT2D eigenvalue weighted by Crippen LogP contribution is 2.35. The zero-order valence-electron chi connectivity index (χ0n) is 14.5. The fourth-order valence-corrected chi connectivity index (χ4v) is 3.87. The number of amides is 1. The van der Waals surface area contributed by atoms with Gasteiger partial charge in [0.15, 0.2) is 11.5 Å². The summed E-state index contributed by atoms with van der Waals surface area (Å²) in [5.74, 6) is 0.744. The number of ether oxygens (including phenoxy) is 1. The number of anilines is 1. The van der Waals surface area contributed by atoms with Crippen LogP contribution in [0.15, 0.2) is 6.33 Å². The normalized spacial score (nSPS) is 23.4. The molecule has 2 aliphatic rings. The lowest BCUT2D eigenvalue weighted by Gasteiger charge is -2.41. The van der Waals surface area contributed by atoms with Crippen LogP contribution >= 0.6 is 11.6 Å². The Bertz CT molecular complexity index is 803. The molecule has 134 valence electrons. The van der Waals surface area contributed by atoms with Gasteiger partial charge in [0.2, 0.25) is 5.28 Å². The molecule has 2 aromatic heterocycles. The van der Waals surface area contributed by atoms with E-state index in [2.05, 4.69) is 24.8 Å². The largest absolute Gasteiger partial charge is 0.444 e. The lowest BCUT2D eigenvalue weighted by molar-refractivity contribution is 0.0123. The summed E-state index contributed by atoms with van der Waals surface area (Å²) in [6.07, 6.45) is 3.29. The molecule has 4 heterocycles. The smallest absolute Gasteiger partial charge is 0.410 e. The highest BCUT2D eigenvalue weighted by molar-refractivity contribution is 6.28. The van der Waals surface area contributed by atoms with Gasteiger partial charge in [0.1, 0.15) is 11.1 Å². The SMILES string of the molecule is CC(C)(C)OC(=O)N1C2CCC1CN(c1nc(Cl)nc3nc[nH]c13)C2. The highest BCUT2D eigenvalue weighted by atomic mass is 35.5. The number of imidazole rings is 1. The number of hydrogen-bond acceptors (Lipinski definition) is 6. The third kappa shape index (κ3) is 2.99. The number of nitrogens with one attached hydrogen (secondary N) is 1. The number of nitrogens with zero attached hydrogens (tertiary/aromatic N) is 5. The Morgan fingerprint density at radius 2 is 1.96 bits per heavy atom. The Morgan fingerprint density at radius 3 is 2.60 bits per heavy atom. The van der Waals surface area contributed by atoms with Crippen LogP contribution in [0.2, 0.25) is 5.28 Å². The molecule has 2 aliphatic heterocycles. The van der Waals surface area contributed by atoms with E-state index in [4.69, 9.17) is 16.3 Å². The number of aromatic nitrogens is 4. The van der Waals surface area contributed by atoms with Gasteiger partial charge < -0.3 is 14.6 Å². The molecule has 2 bridgehead atoms. The quantitative estimate of drug-likeness (QED) is 0.782. The van der Waals surface area contributed by atoms with Crippen molar-refractivity contribution in [3.05, 3.63) is 11.6 Å². The highest BCUT2D eigenvalue weighted by Gasteiger charge is 2.45. The van der Waals surface area contributed by atoms with Crippen molar-refractivity contribution in [1.82, 2.24) is 24.8 Å². The summed E-state index contributed by atoms with van der Waals surface area (Å²) in [7, 11) is 0. The zero-order chi connectivity index (χ0) is 17.8. The van der Waals surface area contributed by atoms with Crippen molar-refractivity contribution in [1.29, 1.82) is 0 Å². The number of carbonyl (C=O) groups is 1. The van der Waals surface area contributed by atoms with Crippen LogP contribution in [-0.4, -0.2) is 61.7 Å². The predicted molar refractivity (Wildman–Crippen MR) is 93.8 cm³/mol. The van der Waals surface area contributed by atoms with Gasteiger partial charge in [0.05, 0.1) is 18.4 Å². The van der Waals surface area contributed by atoms with E-state index in [-0.39, 0.29) is 23.5 Å². The first-order chi connectivity index (χ1) is 11.8. The van der Waals surface area contributed by atoms with Gasteiger partial charge in [-0.2, -0.15) is 9.97 Å². The van der Waals surface area contributed by atoms with Gasteiger partial charge >= 0.3 is 6.09 Å². The van der Waals surface area contributed by atoms with Crippen LogP contribution in [0, 0.1) is 0 Å². The Morgan fingerprint density at radius 1 is 1.28 bits per heavy atom. The Kier molecular flexibility index (Phi) is 3.75. The number of fused-ring (bicyclic) bond motifs is 3. The van der Waals surface area contributed by atoms with E-state index < -0.39 is 5.60 Å². The molecule has 0 saturated carbocycles. The molecule has 4 rings (SSSR count). The number of H-pyrrole nitrogens is 1. The fraction of sp³-hybridized carbons (Fsp3) is 0.625. The minimum Gasteiger partial charge on any atom is -0.444 e. The van der Waals surface area contributed by atoms with E-state index in [9.17, 15) is 4.79 Å². The molecule has 0 radical (unpaired) electrons. The van der Waals surface area contributed by atoms with Crippen LogP contribution in [0.3, 0.4) is 0 Å². The molecule has 0 aliphatic carbocycles. The number of aromatic amines is 1. The van der Waals surface area contributed by atoms with Gasteiger partial charge in [-0.1, -0.05) is 0 Å². The monoisotopic (exact) mass is 364 g/mol. The van der Waals surface area contributed by atoms with Crippen molar-refractivity contribution in [3.63, 3.8) is 0 Å². The van der Waals surface area contributed by atoms with Crippen LogP contribution in [-0.2, 0) is 4.74 Å². The summed E-state index contributed by atoms with van der Waals surface area (Å²) in [5.41, 5.74) is 0.835. The first-order valence-electron chi connectivity index (χ1n) is 8.45. The topological polar surface area (TPSA) is 87.2 Å². The number of hydrogen-bond donors (Lipinski definition) is 1. The maximum atomic E-state index is 12.6. The average Bonchev–Trinajstić information content (AvgIpc) is 3.07. The van der Waals surface area contributed by atoms with E-state index in [1.807, 2.05) is 25.7 Å². The predicted octanol–water partition coefficient (Wildman–Crippen LogP) is 2.59. The first-order valence-corrected chi connectivity index (χ1v) is 8.82. The molecule has 2 fully saturated rings. The van der Waals surface area contributed by atoms with Crippen LogP contribution in [0.1, 0.15) is 33.6 Å². The van der Waals surface area contributed by atoms with Crippen molar-refractivity contribution in [2.75, 3.05) is 18.0 Å². The molecule has 9 heteroatoms. The fourth-order valence-electron chi connectivity index (χ4n) is 3.71. The van der Waals surface area contributed by atoms with Crippen molar-refractivity contribution in [2.24, 2.45) is 0 Å². The average molecular weight is 365 g/mol. The van der Waals surface area contributed by atoms with Crippen LogP contribution < -0.4 is 4.90 Å². The van der Waals surface area contributed by atoms with Gasteiger partial charge in [-0.15, -0.1) is 0 Å². The number of carbonyl (C=O) groups excluding carboxylic acids is 1. The van der Waals surface area contributed by atoms with Gasteiger partial charge in [-0.3, -0.25) is 4.90 Å². The third-order valence-electron chi connectivity index (χ3n) is 4.63. The Hall–Kier alpha value is -2.09. The number of rotatable bonds is 1. The first kappa shape index (κ1) is 16.4. The van der Waals surface area contributed by atoms with Crippen molar-refractivity contribution >= 4 is 34.7 Å². The second-order valence-corrected chi connectivity index (χ2v) is 7.93. The van der Waals surface area contributed by atoms with Crippen molar-refractivity contribution in [2.45, 2.75) is 51.3 Å². The molecule has 0 aromatic carbocycles. The van der Waals surface area contributed by atoms with Crippen molar-refractivity contribution in [3.8, 4) is 0 Å². The van der Waals surface area contributed by atoms with Gasteiger partial charge in [-0.05, 0) is 45.2 Å². The molecule has 2 saturated heterocycles. The van der Waals surface area contributed by atoms with E-state index in [0.29, 0.717) is 18.7 Å². The summed E-state index contributed by atoms with van der Waals surface area (Å²) in [4.78, 5) is 32.4. The van der Waals surface area contributed by atoms with E-state index in [1.165, 1.54) is 0 Å². The minimum absolute atomic E-state index is 0.111. The summed E-state index contributed by atoms with van der Waals surface area (Å²) in [6.45, 7) is 7.05. The van der Waals surface area contributed by atoms with E-state index >= 15 is 0 Å². The van der Waals surface area contributed by atoms with Gasteiger partial charge in [-0.25, -0.2) is 9.78 Å². The summed E-state index contributed by atoms with van der Waals surface area (Å²) in [5, 5.41) is 0.177. The lowest BCUT2D eigenvalue weighted by Crippen LogP contribution is -2.57. The molecular weight excluding hydrogens is 344 g/mol. The maximum Gasteiger partial charge on any atom is 0.410 e. The molecule has 25 heavy (non-hydrogen) atoms. The maximum absolute atomic E-state index is 12.6. The summed E-state index contributed by atoms with van der Waals surface area (Å²) < 4.78 is 5.58. The van der Waals surface area contributed by atoms with Crippen LogP contribution in [0.25, 0.3) is 11.2 Å². The van der Waals surface area contributed by atoms with E-state index in [1.54, 1.807) is 6.33 Å². The summed E-state index contributed by atoms with van der Waals surface area (Å²) in [6, 6.07) is 0.223. The lowest BCUT2D eigenvalue weighted by atomic mass is 10.2. The number of halogens is 1. The molecule has 2 atom stereocenters. The molecule has 2 aromatic rings. The van der Waals surface area contributed by atoms with Gasteiger partial charge in [0, 0.05) is 13.1 Å². The van der Waals surface area contributed by atoms with Crippen molar-refractivity contribution < 1.29 is 9.53 Å². The Balaban J connectivity index is 1.59. The molecule has 1 N–H and O–H groups in total. The third-order valence-corrected chi connectivity index (χ3v) is 4.79. The van der Waals surface area contributed by atoms with Gasteiger partial charge in [0.25, 0.3) is 0 Å². The molecular formula is C16H21ClN6O2. The molecule has 0 spiro atoms. The minimum atomic E-state index is -0.490. The number of piperazine rings is 1. The van der Waals surface area contributed by atoms with Crippen LogP contribution in [0.5, 0.6) is 0 Å². The molecule has 2 unspecified atom stereocenters.